The maximum Gasteiger partial charge on any atom is 0.152 e. The number of hydrogen-bond acceptors (Lipinski definition) is 1. The van der Waals surface area contributed by atoms with E-state index in [1.165, 1.54) is 12.1 Å². The number of aryl methyl sites for hydroxylation is 2. The average Bonchev–Trinajstić information content (AvgIpc) is 2.36. The highest BCUT2D eigenvalue weighted by Gasteiger charge is 2.11. The monoisotopic (exact) mass is 247 g/mol. The number of rotatable bonds is 3. The van der Waals surface area contributed by atoms with E-state index in [-0.39, 0.29) is 5.69 Å². The van der Waals surface area contributed by atoms with Crippen molar-refractivity contribution in [2.45, 2.75) is 20.4 Å². The minimum Gasteiger partial charge on any atom is -0.376 e. The third kappa shape index (κ3) is 2.50. The zero-order valence-electron chi connectivity index (χ0n) is 10.4. The molecule has 0 heterocycles. The van der Waals surface area contributed by atoms with Crippen molar-refractivity contribution in [3.63, 3.8) is 0 Å². The summed E-state index contributed by atoms with van der Waals surface area (Å²) >= 11 is 0. The van der Waals surface area contributed by atoms with Crippen LogP contribution in [-0.2, 0) is 6.54 Å². The average molecular weight is 247 g/mol. The Hall–Kier alpha value is -1.90. The van der Waals surface area contributed by atoms with Crippen molar-refractivity contribution in [1.29, 1.82) is 0 Å². The maximum absolute atomic E-state index is 13.8. The fraction of sp³-hybridized carbons (Fsp3) is 0.200. The zero-order valence-corrected chi connectivity index (χ0v) is 10.4. The molecular formula is C15H15F2N. The van der Waals surface area contributed by atoms with Crippen LogP contribution in [-0.4, -0.2) is 0 Å². The van der Waals surface area contributed by atoms with Gasteiger partial charge in [0.25, 0.3) is 0 Å². The molecule has 2 rings (SSSR count). The van der Waals surface area contributed by atoms with Crippen molar-refractivity contribution >= 4 is 5.69 Å². The highest BCUT2D eigenvalue weighted by molar-refractivity contribution is 5.49. The first kappa shape index (κ1) is 12.6. The smallest absolute Gasteiger partial charge is 0.152 e. The van der Waals surface area contributed by atoms with Crippen LogP contribution >= 0.6 is 0 Å². The molecule has 0 bridgehead atoms. The molecule has 0 aliphatic carbocycles. The van der Waals surface area contributed by atoms with Crippen molar-refractivity contribution < 1.29 is 8.78 Å². The van der Waals surface area contributed by atoms with Crippen LogP contribution in [0.4, 0.5) is 14.5 Å². The van der Waals surface area contributed by atoms with Gasteiger partial charge in [0.15, 0.2) is 5.82 Å². The minimum atomic E-state index is -0.563. The number of hydrogen-bond donors (Lipinski definition) is 1. The Morgan fingerprint density at radius 1 is 0.944 bits per heavy atom. The first-order valence-corrected chi connectivity index (χ1v) is 5.82. The number of benzene rings is 2. The van der Waals surface area contributed by atoms with E-state index in [0.717, 1.165) is 11.1 Å². The predicted octanol–water partition coefficient (Wildman–Crippen LogP) is 4.19. The van der Waals surface area contributed by atoms with Gasteiger partial charge in [-0.2, -0.15) is 0 Å². The summed E-state index contributed by atoms with van der Waals surface area (Å²) in [6.07, 6.45) is 0. The van der Waals surface area contributed by atoms with Crippen LogP contribution in [0.15, 0.2) is 36.4 Å². The normalized spacial score (nSPS) is 10.4. The first-order chi connectivity index (χ1) is 8.59. The lowest BCUT2D eigenvalue weighted by Crippen LogP contribution is -2.06. The van der Waals surface area contributed by atoms with Gasteiger partial charge in [-0.3, -0.25) is 0 Å². The second-order valence-electron chi connectivity index (χ2n) is 4.33. The van der Waals surface area contributed by atoms with E-state index in [9.17, 15) is 8.78 Å². The summed E-state index contributed by atoms with van der Waals surface area (Å²) in [5.41, 5.74) is 2.50. The highest BCUT2D eigenvalue weighted by Crippen LogP contribution is 2.22. The Labute approximate surface area is 105 Å². The molecule has 2 aromatic carbocycles. The minimum absolute atomic E-state index is 0.0572. The fourth-order valence-electron chi connectivity index (χ4n) is 1.81. The molecule has 0 aliphatic heterocycles. The van der Waals surface area contributed by atoms with E-state index in [1.807, 2.05) is 31.2 Å². The SMILES string of the molecule is Cc1ccccc1CNc1c(F)ccc(C)c1F. The standard InChI is InChI=1S/C15H15F2N/c1-10-5-3-4-6-12(10)9-18-15-13(16)8-7-11(2)14(15)17/h3-8,18H,9H2,1-2H3. The molecule has 0 spiro atoms. The van der Waals surface area contributed by atoms with Crippen molar-refractivity contribution in [3.8, 4) is 0 Å². The van der Waals surface area contributed by atoms with Gasteiger partial charge >= 0.3 is 0 Å². The van der Waals surface area contributed by atoms with Crippen molar-refractivity contribution in [3.05, 3.63) is 64.7 Å². The Balaban J connectivity index is 2.21. The third-order valence-electron chi connectivity index (χ3n) is 3.00. The second-order valence-corrected chi connectivity index (χ2v) is 4.33. The van der Waals surface area contributed by atoms with E-state index in [4.69, 9.17) is 0 Å². The van der Waals surface area contributed by atoms with Crippen LogP contribution < -0.4 is 5.32 Å². The number of halogens is 2. The summed E-state index contributed by atoms with van der Waals surface area (Å²) in [5, 5.41) is 2.83. The zero-order chi connectivity index (χ0) is 13.1. The molecule has 0 saturated heterocycles. The molecule has 0 saturated carbocycles. The quantitative estimate of drug-likeness (QED) is 0.857. The molecular weight excluding hydrogens is 232 g/mol. The van der Waals surface area contributed by atoms with E-state index >= 15 is 0 Å². The summed E-state index contributed by atoms with van der Waals surface area (Å²) in [5.74, 6) is -1.09. The molecule has 0 radical (unpaired) electrons. The molecule has 0 aliphatic rings. The molecule has 0 atom stereocenters. The highest BCUT2D eigenvalue weighted by atomic mass is 19.1. The first-order valence-electron chi connectivity index (χ1n) is 5.82. The van der Waals surface area contributed by atoms with Gasteiger partial charge in [-0.1, -0.05) is 30.3 Å². The lowest BCUT2D eigenvalue weighted by molar-refractivity contribution is 0.582. The molecule has 0 unspecified atom stereocenters. The largest absolute Gasteiger partial charge is 0.376 e. The van der Waals surface area contributed by atoms with E-state index < -0.39 is 11.6 Å². The Morgan fingerprint density at radius 2 is 1.67 bits per heavy atom. The Kier molecular flexibility index (Phi) is 3.60. The summed E-state index contributed by atoms with van der Waals surface area (Å²) in [6.45, 7) is 4.00. The molecule has 2 aromatic rings. The maximum atomic E-state index is 13.8. The van der Waals surface area contributed by atoms with Crippen molar-refractivity contribution in [1.82, 2.24) is 0 Å². The van der Waals surface area contributed by atoms with Gasteiger partial charge in [0.05, 0.1) is 0 Å². The van der Waals surface area contributed by atoms with E-state index in [2.05, 4.69) is 5.32 Å². The van der Waals surface area contributed by atoms with Crippen LogP contribution in [0.25, 0.3) is 0 Å². The number of nitrogens with one attached hydrogen (secondary N) is 1. The van der Waals surface area contributed by atoms with Gasteiger partial charge in [0.1, 0.15) is 11.5 Å². The lowest BCUT2D eigenvalue weighted by Gasteiger charge is -2.11. The second kappa shape index (κ2) is 5.17. The van der Waals surface area contributed by atoms with Gasteiger partial charge < -0.3 is 5.32 Å². The molecule has 1 nitrogen and oxygen atoms in total. The van der Waals surface area contributed by atoms with Gasteiger partial charge in [0, 0.05) is 6.54 Å². The summed E-state index contributed by atoms with van der Waals surface area (Å²) in [6, 6.07) is 10.5. The van der Waals surface area contributed by atoms with Crippen molar-refractivity contribution in [2.24, 2.45) is 0 Å². The van der Waals surface area contributed by atoms with Crippen LogP contribution in [0, 0.1) is 25.5 Å². The van der Waals surface area contributed by atoms with Gasteiger partial charge in [-0.05, 0) is 36.6 Å². The van der Waals surface area contributed by atoms with Gasteiger partial charge in [-0.25, -0.2) is 8.78 Å². The molecule has 18 heavy (non-hydrogen) atoms. The summed E-state index contributed by atoms with van der Waals surface area (Å²) < 4.78 is 27.3. The van der Waals surface area contributed by atoms with Gasteiger partial charge in [0.2, 0.25) is 0 Å². The predicted molar refractivity (Wildman–Crippen MR) is 69.6 cm³/mol. The van der Waals surface area contributed by atoms with E-state index in [1.54, 1.807) is 6.92 Å². The summed E-state index contributed by atoms with van der Waals surface area (Å²) in [7, 11) is 0. The fourth-order valence-corrected chi connectivity index (χ4v) is 1.81. The molecule has 1 N–H and O–H groups in total. The Morgan fingerprint density at radius 3 is 2.39 bits per heavy atom. The van der Waals surface area contributed by atoms with Gasteiger partial charge in [-0.15, -0.1) is 0 Å². The summed E-state index contributed by atoms with van der Waals surface area (Å²) in [4.78, 5) is 0. The molecule has 0 amide bonds. The van der Waals surface area contributed by atoms with Crippen LogP contribution in [0.3, 0.4) is 0 Å². The lowest BCUT2D eigenvalue weighted by atomic mass is 10.1. The van der Waals surface area contributed by atoms with Crippen LogP contribution in [0.1, 0.15) is 16.7 Å². The van der Waals surface area contributed by atoms with Crippen LogP contribution in [0.5, 0.6) is 0 Å². The van der Waals surface area contributed by atoms with E-state index in [0.29, 0.717) is 12.1 Å². The Bertz CT molecular complexity index is 564. The molecule has 0 aromatic heterocycles. The van der Waals surface area contributed by atoms with Crippen molar-refractivity contribution in [2.75, 3.05) is 5.32 Å². The molecule has 3 heteroatoms. The van der Waals surface area contributed by atoms with Crippen LogP contribution in [0.2, 0.25) is 0 Å². The molecule has 94 valence electrons. The number of anilines is 1. The third-order valence-corrected chi connectivity index (χ3v) is 3.00. The topological polar surface area (TPSA) is 12.0 Å². The molecule has 0 fully saturated rings.